The number of carbonyl (C=O) groups excluding carboxylic acids is 1. The predicted octanol–water partition coefficient (Wildman–Crippen LogP) is 0.826. The highest BCUT2D eigenvalue weighted by Gasteiger charge is 2.30. The summed E-state index contributed by atoms with van der Waals surface area (Å²) in [4.78, 5) is 16.3. The van der Waals surface area contributed by atoms with Crippen molar-refractivity contribution in [2.45, 2.75) is 6.36 Å². The maximum Gasteiger partial charge on any atom is 0.573 e. The zero-order valence-corrected chi connectivity index (χ0v) is 12.3. The van der Waals surface area contributed by atoms with Gasteiger partial charge in [-0.05, 0) is 34.6 Å². The van der Waals surface area contributed by atoms with Gasteiger partial charge >= 0.3 is 6.36 Å². The molecule has 0 fully saturated rings. The molecule has 1 amide bonds. The molecule has 0 radical (unpaired) electrons. The van der Waals surface area contributed by atoms with Crippen LogP contribution in [0.2, 0.25) is 0 Å². The van der Waals surface area contributed by atoms with Crippen LogP contribution in [0.25, 0.3) is 0 Å². The minimum Gasteiger partial charge on any atom is -0.406 e. The van der Waals surface area contributed by atoms with Gasteiger partial charge in [-0.25, -0.2) is 4.63 Å². The van der Waals surface area contributed by atoms with Crippen molar-refractivity contribution in [3.8, 4) is 5.75 Å². The number of aromatic nitrogens is 2. The lowest BCUT2D eigenvalue weighted by Crippen LogP contribution is -2.20. The largest absolute Gasteiger partial charge is 0.573 e. The van der Waals surface area contributed by atoms with Gasteiger partial charge in [0, 0.05) is 5.69 Å². The van der Waals surface area contributed by atoms with Gasteiger partial charge in [0.15, 0.2) is 24.0 Å². The SMILES string of the molecule is N/C(=N/OCC(=O)Nc1ccc(OC(F)(F)F)cc1)c1nonc1N. The summed E-state index contributed by atoms with van der Waals surface area (Å²) in [6.07, 6.45) is -4.79. The number of rotatable bonds is 6. The molecular formula is C12H11F3N6O4. The molecule has 0 aliphatic carbocycles. The van der Waals surface area contributed by atoms with Gasteiger partial charge in [-0.2, -0.15) is 0 Å². The van der Waals surface area contributed by atoms with Crippen molar-refractivity contribution < 1.29 is 32.2 Å². The lowest BCUT2D eigenvalue weighted by atomic mass is 10.3. The number of amidine groups is 1. The quantitative estimate of drug-likeness (QED) is 0.389. The van der Waals surface area contributed by atoms with Crippen molar-refractivity contribution in [1.82, 2.24) is 10.3 Å². The smallest absolute Gasteiger partial charge is 0.406 e. The Balaban J connectivity index is 1.83. The van der Waals surface area contributed by atoms with Crippen LogP contribution in [0, 0.1) is 0 Å². The number of carbonyl (C=O) groups is 1. The molecule has 5 N–H and O–H groups in total. The third-order valence-corrected chi connectivity index (χ3v) is 2.49. The molecule has 0 saturated heterocycles. The third kappa shape index (κ3) is 5.56. The Morgan fingerprint density at radius 3 is 2.52 bits per heavy atom. The van der Waals surface area contributed by atoms with Gasteiger partial charge in [-0.15, -0.1) is 13.2 Å². The van der Waals surface area contributed by atoms with E-state index in [1.807, 2.05) is 0 Å². The number of oxime groups is 1. The zero-order valence-electron chi connectivity index (χ0n) is 12.3. The molecule has 2 aromatic rings. The summed E-state index contributed by atoms with van der Waals surface area (Å²) in [6, 6.07) is 4.53. The van der Waals surface area contributed by atoms with Crippen molar-refractivity contribution in [2.24, 2.45) is 10.9 Å². The molecular weight excluding hydrogens is 349 g/mol. The van der Waals surface area contributed by atoms with Gasteiger partial charge in [-0.3, -0.25) is 4.79 Å². The molecule has 0 bridgehead atoms. The Morgan fingerprint density at radius 1 is 1.28 bits per heavy atom. The number of amides is 1. The number of hydrogen-bond acceptors (Lipinski definition) is 8. The number of benzene rings is 1. The van der Waals surface area contributed by atoms with Crippen molar-refractivity contribution in [3.63, 3.8) is 0 Å². The van der Waals surface area contributed by atoms with Gasteiger partial charge in [0.05, 0.1) is 0 Å². The monoisotopic (exact) mass is 360 g/mol. The summed E-state index contributed by atoms with van der Waals surface area (Å²) < 4.78 is 44.1. The molecule has 1 heterocycles. The second-order valence-corrected chi connectivity index (χ2v) is 4.37. The van der Waals surface area contributed by atoms with E-state index in [0.717, 1.165) is 12.1 Å². The van der Waals surface area contributed by atoms with E-state index in [4.69, 9.17) is 16.3 Å². The fourth-order valence-corrected chi connectivity index (χ4v) is 1.51. The predicted molar refractivity (Wildman–Crippen MR) is 77.1 cm³/mol. The van der Waals surface area contributed by atoms with Gasteiger partial charge in [0.1, 0.15) is 5.75 Å². The van der Waals surface area contributed by atoms with E-state index in [9.17, 15) is 18.0 Å². The van der Waals surface area contributed by atoms with Gasteiger partial charge < -0.3 is 26.4 Å². The standard InChI is InChI=1S/C12H11F3N6O4/c13-12(14,15)24-7-3-1-6(2-4-7)18-8(22)5-23-20-10(16)9-11(17)21-25-19-9/h1-4H,5H2,(H2,16,20)(H2,17,21)(H,18,22). The molecule has 1 aromatic heterocycles. The Bertz CT molecular complexity index is 759. The molecule has 0 saturated carbocycles. The van der Waals surface area contributed by atoms with Crippen molar-refractivity contribution in [2.75, 3.05) is 17.7 Å². The van der Waals surface area contributed by atoms with E-state index in [0.29, 0.717) is 0 Å². The molecule has 25 heavy (non-hydrogen) atoms. The maximum atomic E-state index is 12.0. The minimum atomic E-state index is -4.79. The molecule has 13 heteroatoms. The molecule has 1 aromatic carbocycles. The summed E-state index contributed by atoms with van der Waals surface area (Å²) in [6.45, 7) is -0.521. The van der Waals surface area contributed by atoms with E-state index in [2.05, 4.69) is 30.2 Å². The number of hydrogen-bond donors (Lipinski definition) is 3. The van der Waals surface area contributed by atoms with Crippen LogP contribution in [0.15, 0.2) is 34.1 Å². The Kier molecular flexibility index (Phi) is 5.26. The first-order valence-corrected chi connectivity index (χ1v) is 6.44. The van der Waals surface area contributed by atoms with Crippen LogP contribution >= 0.6 is 0 Å². The first kappa shape index (κ1) is 17.8. The van der Waals surface area contributed by atoms with Crippen LogP contribution in [0.3, 0.4) is 0 Å². The van der Waals surface area contributed by atoms with Crippen LogP contribution in [-0.4, -0.2) is 35.0 Å². The normalized spacial score (nSPS) is 11.9. The number of nitrogens with one attached hydrogen (secondary N) is 1. The van der Waals surface area contributed by atoms with E-state index in [1.54, 1.807) is 0 Å². The molecule has 0 aliphatic rings. The van der Waals surface area contributed by atoms with Crippen LogP contribution < -0.4 is 21.5 Å². The number of nitrogens with zero attached hydrogens (tertiary/aromatic N) is 3. The fraction of sp³-hybridized carbons (Fsp3) is 0.167. The molecule has 0 atom stereocenters. The number of halogens is 3. The Morgan fingerprint density at radius 2 is 1.96 bits per heavy atom. The Labute approximate surface area is 137 Å². The average molecular weight is 360 g/mol. The van der Waals surface area contributed by atoms with Crippen molar-refractivity contribution >= 4 is 23.2 Å². The van der Waals surface area contributed by atoms with Gasteiger partial charge in [0.2, 0.25) is 0 Å². The maximum absolute atomic E-state index is 12.0. The molecule has 0 unspecified atom stereocenters. The number of nitrogen functional groups attached to an aromatic ring is 1. The van der Waals surface area contributed by atoms with E-state index in [1.165, 1.54) is 12.1 Å². The first-order chi connectivity index (χ1) is 11.7. The summed E-state index contributed by atoms with van der Waals surface area (Å²) in [5.74, 6) is -1.40. The van der Waals surface area contributed by atoms with Crippen molar-refractivity contribution in [1.29, 1.82) is 0 Å². The molecule has 10 nitrogen and oxygen atoms in total. The molecule has 2 rings (SSSR count). The van der Waals surface area contributed by atoms with Crippen LogP contribution in [0.4, 0.5) is 24.7 Å². The summed E-state index contributed by atoms with van der Waals surface area (Å²) in [5, 5.41) is 12.4. The number of alkyl halides is 3. The fourth-order valence-electron chi connectivity index (χ4n) is 1.51. The lowest BCUT2D eigenvalue weighted by molar-refractivity contribution is -0.274. The zero-order chi connectivity index (χ0) is 18.4. The van der Waals surface area contributed by atoms with E-state index in [-0.39, 0.29) is 23.0 Å². The van der Waals surface area contributed by atoms with E-state index >= 15 is 0 Å². The van der Waals surface area contributed by atoms with Gasteiger partial charge in [-0.1, -0.05) is 5.16 Å². The number of anilines is 2. The summed E-state index contributed by atoms with van der Waals surface area (Å²) in [7, 11) is 0. The Hall–Kier alpha value is -3.51. The lowest BCUT2D eigenvalue weighted by Gasteiger charge is -2.09. The average Bonchev–Trinajstić information content (AvgIpc) is 2.94. The molecule has 0 aliphatic heterocycles. The second-order valence-electron chi connectivity index (χ2n) is 4.37. The topological polar surface area (TPSA) is 151 Å². The van der Waals surface area contributed by atoms with Crippen LogP contribution in [0.1, 0.15) is 5.69 Å². The third-order valence-electron chi connectivity index (χ3n) is 2.49. The highest BCUT2D eigenvalue weighted by Crippen LogP contribution is 2.23. The minimum absolute atomic E-state index is 0.0411. The van der Waals surface area contributed by atoms with E-state index < -0.39 is 24.6 Å². The first-order valence-electron chi connectivity index (χ1n) is 6.44. The summed E-state index contributed by atoms with van der Waals surface area (Å²) in [5.41, 5.74) is 11.1. The van der Waals surface area contributed by atoms with Crippen LogP contribution in [-0.2, 0) is 9.63 Å². The van der Waals surface area contributed by atoms with Crippen molar-refractivity contribution in [3.05, 3.63) is 30.0 Å². The highest BCUT2D eigenvalue weighted by atomic mass is 19.4. The summed E-state index contributed by atoms with van der Waals surface area (Å²) >= 11 is 0. The van der Waals surface area contributed by atoms with Crippen LogP contribution in [0.5, 0.6) is 5.75 Å². The number of ether oxygens (including phenoxy) is 1. The molecule has 0 spiro atoms. The van der Waals surface area contributed by atoms with Gasteiger partial charge in [0.25, 0.3) is 5.91 Å². The number of nitrogens with two attached hydrogens (primary N) is 2. The highest BCUT2D eigenvalue weighted by molar-refractivity contribution is 5.98. The molecule has 134 valence electrons. The second kappa shape index (κ2) is 7.37.